The quantitative estimate of drug-likeness (QED) is 0.453. The van der Waals surface area contributed by atoms with Gasteiger partial charge in [-0.2, -0.15) is 5.26 Å². The maximum Gasteiger partial charge on any atom is 0.267 e. The van der Waals surface area contributed by atoms with Gasteiger partial charge in [0.15, 0.2) is 5.13 Å². The number of aryl methyl sites for hydroxylation is 1. The molecule has 0 spiro atoms. The first-order chi connectivity index (χ1) is 10.5. The van der Waals surface area contributed by atoms with Crippen molar-refractivity contribution in [1.82, 2.24) is 4.98 Å². The molecule has 0 fully saturated rings. The van der Waals surface area contributed by atoms with Crippen LogP contribution in [0.2, 0.25) is 5.02 Å². The number of benzene rings is 1. The van der Waals surface area contributed by atoms with E-state index in [1.807, 2.05) is 18.4 Å². The molecule has 0 unspecified atom stereocenters. The molecule has 22 heavy (non-hydrogen) atoms. The molecule has 1 aromatic carbocycles. The van der Waals surface area contributed by atoms with Gasteiger partial charge in [-0.25, -0.2) is 4.98 Å². The number of halogens is 1. The summed E-state index contributed by atoms with van der Waals surface area (Å²) in [6.45, 7) is 1.86. The number of aromatic nitrogens is 1. The molecule has 6 nitrogen and oxygen atoms in total. The molecule has 2 aromatic rings. The molecule has 0 saturated heterocycles. The van der Waals surface area contributed by atoms with Gasteiger partial charge in [0.05, 0.1) is 16.4 Å². The van der Waals surface area contributed by atoms with E-state index in [1.165, 1.54) is 23.6 Å². The number of hydrogen-bond acceptors (Lipinski definition) is 6. The first-order valence-electron chi connectivity index (χ1n) is 6.15. The highest BCUT2D eigenvalue weighted by Crippen LogP contribution is 2.23. The lowest BCUT2D eigenvalue weighted by atomic mass is 10.2. The van der Waals surface area contributed by atoms with Gasteiger partial charge in [-0.1, -0.05) is 11.6 Å². The van der Waals surface area contributed by atoms with Crippen LogP contribution in [0.25, 0.3) is 0 Å². The van der Waals surface area contributed by atoms with Crippen molar-refractivity contribution in [2.24, 2.45) is 0 Å². The Bertz CT molecular complexity index is 778. The van der Waals surface area contributed by atoms with E-state index in [1.54, 1.807) is 12.1 Å². The molecule has 0 radical (unpaired) electrons. The Labute approximate surface area is 136 Å². The molecule has 0 aliphatic heterocycles. The fourth-order valence-corrected chi connectivity index (χ4v) is 2.35. The summed E-state index contributed by atoms with van der Waals surface area (Å²) in [5, 5.41) is 17.3. The minimum atomic E-state index is -0.552. The second kappa shape index (κ2) is 6.93. The number of nitrogens with zero attached hydrogens (tertiary/aromatic N) is 2. The van der Waals surface area contributed by atoms with Crippen LogP contribution < -0.4 is 16.4 Å². The van der Waals surface area contributed by atoms with Crippen LogP contribution in [0, 0.1) is 18.3 Å². The maximum absolute atomic E-state index is 12.0. The standard InChI is InChI=1S/C14H12ClN5OS/c1-8-7-22-14(19-8)18-6-9(5-16)13(21)20-10-2-3-12(17)11(15)4-10/h2-4,6-7H,17H2,1H3,(H,18,19)(H,20,21)/b9-6-. The van der Waals surface area contributed by atoms with E-state index in [9.17, 15) is 4.79 Å². The van der Waals surface area contributed by atoms with E-state index in [2.05, 4.69) is 15.6 Å². The molecule has 1 heterocycles. The number of nitrogens with two attached hydrogens (primary N) is 1. The molecule has 4 N–H and O–H groups in total. The molecule has 112 valence electrons. The van der Waals surface area contributed by atoms with E-state index in [0.29, 0.717) is 21.5 Å². The summed E-state index contributed by atoms with van der Waals surface area (Å²) in [6, 6.07) is 6.52. The number of rotatable bonds is 4. The van der Waals surface area contributed by atoms with Crippen molar-refractivity contribution in [3.63, 3.8) is 0 Å². The van der Waals surface area contributed by atoms with Gasteiger partial charge in [-0.3, -0.25) is 4.79 Å². The third-order valence-corrected chi connectivity index (χ3v) is 3.80. The predicted molar refractivity (Wildman–Crippen MR) is 88.7 cm³/mol. The molecular weight excluding hydrogens is 322 g/mol. The summed E-state index contributed by atoms with van der Waals surface area (Å²) in [6.07, 6.45) is 1.31. The lowest BCUT2D eigenvalue weighted by Gasteiger charge is -2.06. The fourth-order valence-electron chi connectivity index (χ4n) is 1.51. The molecule has 1 aromatic heterocycles. The predicted octanol–water partition coefficient (Wildman–Crippen LogP) is 3.15. The summed E-state index contributed by atoms with van der Waals surface area (Å²) in [7, 11) is 0. The fraction of sp³-hybridized carbons (Fsp3) is 0.0714. The van der Waals surface area contributed by atoms with Crippen molar-refractivity contribution in [3.8, 4) is 6.07 Å². The van der Waals surface area contributed by atoms with E-state index < -0.39 is 5.91 Å². The second-order valence-electron chi connectivity index (χ2n) is 4.30. The maximum atomic E-state index is 12.0. The van der Waals surface area contributed by atoms with Gasteiger partial charge in [-0.05, 0) is 25.1 Å². The Morgan fingerprint density at radius 3 is 2.91 bits per heavy atom. The molecule has 0 saturated carbocycles. The van der Waals surface area contributed by atoms with E-state index in [4.69, 9.17) is 22.6 Å². The minimum Gasteiger partial charge on any atom is -0.398 e. The average molecular weight is 334 g/mol. The first-order valence-corrected chi connectivity index (χ1v) is 7.40. The van der Waals surface area contributed by atoms with Gasteiger partial charge in [0.1, 0.15) is 11.6 Å². The van der Waals surface area contributed by atoms with Crippen molar-refractivity contribution >= 4 is 45.4 Å². The Balaban J connectivity index is 2.08. The Kier molecular flexibility index (Phi) is 4.99. The molecule has 2 rings (SSSR count). The molecular formula is C14H12ClN5OS. The number of hydrogen-bond donors (Lipinski definition) is 3. The lowest BCUT2D eigenvalue weighted by molar-refractivity contribution is -0.112. The largest absolute Gasteiger partial charge is 0.398 e. The Hall–Kier alpha value is -2.56. The van der Waals surface area contributed by atoms with Gasteiger partial charge < -0.3 is 16.4 Å². The summed E-state index contributed by atoms with van der Waals surface area (Å²) < 4.78 is 0. The van der Waals surface area contributed by atoms with E-state index in [-0.39, 0.29) is 5.57 Å². The van der Waals surface area contributed by atoms with Crippen molar-refractivity contribution in [2.45, 2.75) is 6.92 Å². The molecule has 0 atom stereocenters. The zero-order valence-electron chi connectivity index (χ0n) is 11.6. The minimum absolute atomic E-state index is 0.0826. The van der Waals surface area contributed by atoms with Crippen LogP contribution in [-0.2, 0) is 4.79 Å². The zero-order valence-corrected chi connectivity index (χ0v) is 13.1. The van der Waals surface area contributed by atoms with Gasteiger partial charge in [0, 0.05) is 17.3 Å². The summed E-state index contributed by atoms with van der Waals surface area (Å²) >= 11 is 7.26. The van der Waals surface area contributed by atoms with Crippen molar-refractivity contribution < 1.29 is 4.79 Å². The van der Waals surface area contributed by atoms with Crippen molar-refractivity contribution in [3.05, 3.63) is 46.1 Å². The lowest BCUT2D eigenvalue weighted by Crippen LogP contribution is -2.14. The highest BCUT2D eigenvalue weighted by Gasteiger charge is 2.10. The van der Waals surface area contributed by atoms with Crippen LogP contribution >= 0.6 is 22.9 Å². The van der Waals surface area contributed by atoms with Gasteiger partial charge >= 0.3 is 0 Å². The molecule has 1 amide bonds. The zero-order chi connectivity index (χ0) is 16.1. The van der Waals surface area contributed by atoms with Crippen LogP contribution in [0.3, 0.4) is 0 Å². The monoisotopic (exact) mass is 333 g/mol. The Morgan fingerprint density at radius 2 is 2.32 bits per heavy atom. The number of anilines is 3. The topological polar surface area (TPSA) is 104 Å². The smallest absolute Gasteiger partial charge is 0.267 e. The van der Waals surface area contributed by atoms with E-state index in [0.717, 1.165) is 5.69 Å². The molecule has 0 bridgehead atoms. The van der Waals surface area contributed by atoms with E-state index >= 15 is 0 Å². The number of nitrogen functional groups attached to an aromatic ring is 1. The molecule has 0 aliphatic carbocycles. The van der Waals surface area contributed by atoms with Crippen LogP contribution in [-0.4, -0.2) is 10.9 Å². The highest BCUT2D eigenvalue weighted by molar-refractivity contribution is 7.13. The normalized spacial score (nSPS) is 10.9. The van der Waals surface area contributed by atoms with Crippen LogP contribution in [0.1, 0.15) is 5.69 Å². The number of nitriles is 1. The number of carbonyl (C=O) groups excluding carboxylic acids is 1. The number of carbonyl (C=O) groups is 1. The molecule has 0 aliphatic rings. The average Bonchev–Trinajstić information content (AvgIpc) is 2.89. The summed E-state index contributed by atoms with van der Waals surface area (Å²) in [4.78, 5) is 16.2. The third-order valence-electron chi connectivity index (χ3n) is 2.58. The van der Waals surface area contributed by atoms with Gasteiger partial charge in [0.25, 0.3) is 5.91 Å². The van der Waals surface area contributed by atoms with Gasteiger partial charge in [-0.15, -0.1) is 11.3 Å². The van der Waals surface area contributed by atoms with Crippen molar-refractivity contribution in [2.75, 3.05) is 16.4 Å². The van der Waals surface area contributed by atoms with Crippen LogP contribution in [0.4, 0.5) is 16.5 Å². The third kappa shape index (κ3) is 3.97. The molecule has 8 heteroatoms. The van der Waals surface area contributed by atoms with Crippen molar-refractivity contribution in [1.29, 1.82) is 5.26 Å². The van der Waals surface area contributed by atoms with Crippen LogP contribution in [0.15, 0.2) is 35.4 Å². The first kappa shape index (κ1) is 15.8. The second-order valence-corrected chi connectivity index (χ2v) is 5.56. The Morgan fingerprint density at radius 1 is 1.55 bits per heavy atom. The summed E-state index contributed by atoms with van der Waals surface area (Å²) in [5.74, 6) is -0.552. The highest BCUT2D eigenvalue weighted by atomic mass is 35.5. The number of thiazole rings is 1. The number of amides is 1. The number of nitrogens with one attached hydrogen (secondary N) is 2. The van der Waals surface area contributed by atoms with Crippen LogP contribution in [0.5, 0.6) is 0 Å². The summed E-state index contributed by atoms with van der Waals surface area (Å²) in [5.41, 5.74) is 7.24. The van der Waals surface area contributed by atoms with Gasteiger partial charge in [0.2, 0.25) is 0 Å². The SMILES string of the molecule is Cc1csc(N/C=C(/C#N)C(=O)Nc2ccc(N)c(Cl)c2)n1.